The van der Waals surface area contributed by atoms with E-state index in [4.69, 9.17) is 14.2 Å². The summed E-state index contributed by atoms with van der Waals surface area (Å²) < 4.78 is 16.7. The van der Waals surface area contributed by atoms with Gasteiger partial charge in [-0.05, 0) is 12.0 Å². The Morgan fingerprint density at radius 1 is 1.29 bits per heavy atom. The maximum Gasteiger partial charge on any atom is 0.334 e. The monoisotopic (exact) mass is 392 g/mol. The summed E-state index contributed by atoms with van der Waals surface area (Å²) in [6.45, 7) is 14.6. The Kier molecular flexibility index (Phi) is 5.17. The third-order valence-electron chi connectivity index (χ3n) is 6.40. The van der Waals surface area contributed by atoms with Crippen LogP contribution in [0.4, 0.5) is 0 Å². The lowest BCUT2D eigenvalue weighted by Gasteiger charge is -2.55. The minimum atomic E-state index is -0.846. The Bertz CT molecular complexity index is 739. The van der Waals surface area contributed by atoms with Crippen LogP contribution < -0.4 is 0 Å². The highest BCUT2D eigenvalue weighted by atomic mass is 16.6. The van der Waals surface area contributed by atoms with E-state index in [0.29, 0.717) is 12.0 Å². The Morgan fingerprint density at radius 2 is 1.93 bits per heavy atom. The molecule has 1 aliphatic heterocycles. The minimum Gasteiger partial charge on any atom is -0.461 e. The average molecular weight is 392 g/mol. The summed E-state index contributed by atoms with van der Waals surface area (Å²) in [7, 11) is 0. The van der Waals surface area contributed by atoms with Crippen molar-refractivity contribution in [3.8, 4) is 0 Å². The molecule has 1 heterocycles. The maximum atomic E-state index is 12.3. The number of fused-ring (bicyclic) bond motifs is 3. The number of carbonyl (C=O) groups is 3. The molecule has 28 heavy (non-hydrogen) atoms. The molecule has 0 spiro atoms. The van der Waals surface area contributed by atoms with Gasteiger partial charge in [-0.3, -0.25) is 9.59 Å². The van der Waals surface area contributed by atoms with Gasteiger partial charge in [0.25, 0.3) is 0 Å². The third kappa shape index (κ3) is 3.15. The molecule has 7 nitrogen and oxygen atoms in total. The number of esters is 3. The van der Waals surface area contributed by atoms with Gasteiger partial charge in [0.05, 0.1) is 17.9 Å². The van der Waals surface area contributed by atoms with Crippen LogP contribution in [-0.4, -0.2) is 47.4 Å². The van der Waals surface area contributed by atoms with Gasteiger partial charge in [0.1, 0.15) is 18.3 Å². The summed E-state index contributed by atoms with van der Waals surface area (Å²) in [5.74, 6) is -2.67. The van der Waals surface area contributed by atoms with E-state index in [-0.39, 0.29) is 23.9 Å². The van der Waals surface area contributed by atoms with Crippen molar-refractivity contribution in [2.45, 2.75) is 65.0 Å². The van der Waals surface area contributed by atoms with E-state index >= 15 is 0 Å². The van der Waals surface area contributed by atoms with E-state index < -0.39 is 53.6 Å². The first-order chi connectivity index (χ1) is 13.0. The van der Waals surface area contributed by atoms with Crippen molar-refractivity contribution >= 4 is 17.9 Å². The number of carbonyl (C=O) groups excluding carboxylic acids is 3. The molecule has 3 aliphatic rings. The average Bonchev–Trinajstić information content (AvgIpc) is 2.87. The second kappa shape index (κ2) is 7.03. The van der Waals surface area contributed by atoms with Crippen LogP contribution in [0.5, 0.6) is 0 Å². The SMILES string of the molecule is C=C1C(=O)OC2C1C(OC(=O)C(C)C)CC1(C)C(O)CC(OC(C)=O)C(=C)C21. The number of aliphatic hydroxyl groups is 1. The van der Waals surface area contributed by atoms with Gasteiger partial charge in [0.2, 0.25) is 0 Å². The van der Waals surface area contributed by atoms with Crippen LogP contribution in [0.25, 0.3) is 0 Å². The van der Waals surface area contributed by atoms with E-state index in [9.17, 15) is 19.5 Å². The summed E-state index contributed by atoms with van der Waals surface area (Å²) in [5.41, 5.74) is 0.112. The molecule has 2 saturated carbocycles. The Labute approximate surface area is 164 Å². The fraction of sp³-hybridized carbons (Fsp3) is 0.667. The number of hydrogen-bond donors (Lipinski definition) is 1. The number of ether oxygens (including phenoxy) is 3. The third-order valence-corrected chi connectivity index (χ3v) is 6.40. The number of aliphatic hydroxyl groups excluding tert-OH is 1. The van der Waals surface area contributed by atoms with Gasteiger partial charge in [0, 0.05) is 30.3 Å². The van der Waals surface area contributed by atoms with Crippen LogP contribution in [0.1, 0.15) is 40.5 Å². The van der Waals surface area contributed by atoms with E-state index in [1.54, 1.807) is 13.8 Å². The molecular formula is C21H28O7. The smallest absolute Gasteiger partial charge is 0.334 e. The minimum absolute atomic E-state index is 0.197. The van der Waals surface area contributed by atoms with Crippen LogP contribution in [-0.2, 0) is 28.6 Å². The zero-order chi connectivity index (χ0) is 21.0. The molecule has 7 atom stereocenters. The summed E-state index contributed by atoms with van der Waals surface area (Å²) in [6.07, 6.45) is -2.28. The van der Waals surface area contributed by atoms with E-state index in [1.165, 1.54) is 6.92 Å². The van der Waals surface area contributed by atoms with E-state index in [0.717, 1.165) is 0 Å². The highest BCUT2D eigenvalue weighted by Gasteiger charge is 2.64. The zero-order valence-corrected chi connectivity index (χ0v) is 16.8. The zero-order valence-electron chi connectivity index (χ0n) is 16.8. The van der Waals surface area contributed by atoms with E-state index in [2.05, 4.69) is 13.2 Å². The fourth-order valence-corrected chi connectivity index (χ4v) is 4.91. The first-order valence-corrected chi connectivity index (χ1v) is 9.61. The number of rotatable bonds is 3. The lowest BCUT2D eigenvalue weighted by Crippen LogP contribution is -2.60. The summed E-state index contributed by atoms with van der Waals surface area (Å²) in [5, 5.41) is 10.9. The van der Waals surface area contributed by atoms with Gasteiger partial charge in [-0.1, -0.05) is 33.9 Å². The van der Waals surface area contributed by atoms with Gasteiger partial charge in [-0.25, -0.2) is 4.79 Å². The quantitative estimate of drug-likeness (QED) is 0.339. The topological polar surface area (TPSA) is 99.1 Å². The van der Waals surface area contributed by atoms with Crippen molar-refractivity contribution in [2.75, 3.05) is 0 Å². The summed E-state index contributed by atoms with van der Waals surface area (Å²) in [4.78, 5) is 36.0. The molecule has 154 valence electrons. The second-order valence-corrected chi connectivity index (χ2v) is 8.66. The highest BCUT2D eigenvalue weighted by Crippen LogP contribution is 2.58. The Balaban J connectivity index is 1.99. The van der Waals surface area contributed by atoms with Crippen molar-refractivity contribution in [3.63, 3.8) is 0 Å². The van der Waals surface area contributed by atoms with Crippen LogP contribution in [0, 0.1) is 23.2 Å². The van der Waals surface area contributed by atoms with E-state index in [1.807, 2.05) is 6.92 Å². The molecule has 1 N–H and O–H groups in total. The van der Waals surface area contributed by atoms with Crippen molar-refractivity contribution in [3.05, 3.63) is 24.3 Å². The first kappa shape index (κ1) is 20.6. The first-order valence-electron chi connectivity index (χ1n) is 9.61. The maximum absolute atomic E-state index is 12.3. The van der Waals surface area contributed by atoms with Crippen molar-refractivity contribution in [2.24, 2.45) is 23.2 Å². The van der Waals surface area contributed by atoms with Crippen molar-refractivity contribution in [1.82, 2.24) is 0 Å². The summed E-state index contributed by atoms with van der Waals surface area (Å²) >= 11 is 0. The largest absolute Gasteiger partial charge is 0.461 e. The van der Waals surface area contributed by atoms with Crippen molar-refractivity contribution < 1.29 is 33.7 Å². The van der Waals surface area contributed by atoms with Crippen LogP contribution in [0.2, 0.25) is 0 Å². The Hall–Kier alpha value is -2.15. The highest BCUT2D eigenvalue weighted by molar-refractivity contribution is 5.91. The molecule has 0 amide bonds. The van der Waals surface area contributed by atoms with Crippen LogP contribution in [0.3, 0.4) is 0 Å². The van der Waals surface area contributed by atoms with Gasteiger partial charge in [0.15, 0.2) is 0 Å². The predicted octanol–water partition coefficient (Wildman–Crippen LogP) is 1.93. The predicted molar refractivity (Wildman–Crippen MR) is 98.8 cm³/mol. The molecule has 7 heteroatoms. The molecule has 0 radical (unpaired) electrons. The van der Waals surface area contributed by atoms with Gasteiger partial charge < -0.3 is 19.3 Å². The van der Waals surface area contributed by atoms with Crippen LogP contribution in [0.15, 0.2) is 24.3 Å². The molecule has 0 bridgehead atoms. The molecule has 3 rings (SSSR count). The molecule has 0 aromatic carbocycles. The second-order valence-electron chi connectivity index (χ2n) is 8.66. The van der Waals surface area contributed by atoms with Gasteiger partial charge in [-0.15, -0.1) is 0 Å². The summed E-state index contributed by atoms with van der Waals surface area (Å²) in [6, 6.07) is 0. The molecule has 0 aromatic heterocycles. The molecule has 3 fully saturated rings. The molecule has 1 saturated heterocycles. The molecule has 0 aromatic rings. The van der Waals surface area contributed by atoms with Crippen LogP contribution >= 0.6 is 0 Å². The molecule has 2 aliphatic carbocycles. The normalized spacial score (nSPS) is 39.9. The Morgan fingerprint density at radius 3 is 2.50 bits per heavy atom. The standard InChI is InChI=1S/C21H28O7/c1-9(2)19(24)27-14-8-21(6)15(23)7-13(26-12(5)22)10(3)17(21)18-16(14)11(4)20(25)28-18/h9,13-18,23H,3-4,7-8H2,1-2,5-6H3. The number of hydrogen-bond acceptors (Lipinski definition) is 7. The molecule has 7 unspecified atom stereocenters. The fourth-order valence-electron chi connectivity index (χ4n) is 4.91. The van der Waals surface area contributed by atoms with Gasteiger partial charge >= 0.3 is 17.9 Å². The van der Waals surface area contributed by atoms with Gasteiger partial charge in [-0.2, -0.15) is 0 Å². The molecular weight excluding hydrogens is 364 g/mol. The lowest BCUT2D eigenvalue weighted by atomic mass is 9.53. The lowest BCUT2D eigenvalue weighted by molar-refractivity contribution is -0.189. The van der Waals surface area contributed by atoms with Crippen molar-refractivity contribution in [1.29, 1.82) is 0 Å².